The van der Waals surface area contributed by atoms with Crippen LogP contribution >= 0.6 is 0 Å². The first-order chi connectivity index (χ1) is 11.8. The molecule has 1 fully saturated rings. The lowest BCUT2D eigenvalue weighted by Gasteiger charge is -2.22. The van der Waals surface area contributed by atoms with Gasteiger partial charge in [-0.2, -0.15) is 4.68 Å². The molecule has 2 heterocycles. The summed E-state index contributed by atoms with van der Waals surface area (Å²) < 4.78 is 12.6. The molecule has 8 heteroatoms. The van der Waals surface area contributed by atoms with Gasteiger partial charge in [-0.1, -0.05) is 18.2 Å². The maximum atomic E-state index is 11.9. The number of hydrogen-bond acceptors (Lipinski definition) is 6. The number of ether oxygens (including phenoxy) is 2. The Hall–Kier alpha value is -2.32. The largest absolute Gasteiger partial charge is 0.376 e. The average molecular weight is 331 g/mol. The number of rotatable bonds is 7. The number of nitrogens with zero attached hydrogens (tertiary/aromatic N) is 4. The van der Waals surface area contributed by atoms with E-state index in [0.29, 0.717) is 12.4 Å². The van der Waals surface area contributed by atoms with Gasteiger partial charge < -0.3 is 14.8 Å². The molecule has 0 spiro atoms. The maximum absolute atomic E-state index is 11.9. The molecule has 0 radical (unpaired) electrons. The number of benzene rings is 1. The van der Waals surface area contributed by atoms with Crippen LogP contribution in [0.15, 0.2) is 30.3 Å². The van der Waals surface area contributed by atoms with Gasteiger partial charge >= 0.3 is 0 Å². The van der Waals surface area contributed by atoms with Crippen molar-refractivity contribution in [3.8, 4) is 5.69 Å². The van der Waals surface area contributed by atoms with Crippen molar-refractivity contribution in [2.75, 3.05) is 19.8 Å². The highest BCUT2D eigenvalue weighted by atomic mass is 16.5. The number of nitrogens with one attached hydrogen (secondary N) is 1. The van der Waals surface area contributed by atoms with Crippen molar-refractivity contribution < 1.29 is 14.3 Å². The van der Waals surface area contributed by atoms with Crippen LogP contribution in [0.25, 0.3) is 5.69 Å². The molecule has 0 aliphatic carbocycles. The van der Waals surface area contributed by atoms with Gasteiger partial charge in [-0.3, -0.25) is 4.79 Å². The van der Waals surface area contributed by atoms with E-state index in [2.05, 4.69) is 20.8 Å². The Bertz CT molecular complexity index is 640. The van der Waals surface area contributed by atoms with E-state index in [9.17, 15) is 4.79 Å². The summed E-state index contributed by atoms with van der Waals surface area (Å²) in [6.07, 6.45) is 3.36. The number of carbonyl (C=O) groups excluding carboxylic acids is 1. The summed E-state index contributed by atoms with van der Waals surface area (Å²) in [5, 5.41) is 14.3. The Kier molecular flexibility index (Phi) is 5.86. The van der Waals surface area contributed by atoms with Crippen molar-refractivity contribution in [3.63, 3.8) is 0 Å². The van der Waals surface area contributed by atoms with Gasteiger partial charge in [0.25, 0.3) is 0 Å². The van der Waals surface area contributed by atoms with Gasteiger partial charge in [-0.15, -0.1) is 5.10 Å². The summed E-state index contributed by atoms with van der Waals surface area (Å²) in [6.45, 7) is 1.48. The van der Waals surface area contributed by atoms with E-state index >= 15 is 0 Å². The Balaban J connectivity index is 1.43. The summed E-state index contributed by atoms with van der Waals surface area (Å²) in [4.78, 5) is 11.9. The van der Waals surface area contributed by atoms with Gasteiger partial charge in [-0.25, -0.2) is 0 Å². The van der Waals surface area contributed by atoms with Gasteiger partial charge in [0.15, 0.2) is 5.82 Å². The molecule has 1 saturated heterocycles. The van der Waals surface area contributed by atoms with Crippen molar-refractivity contribution in [2.45, 2.75) is 31.9 Å². The molecule has 1 aliphatic rings. The summed E-state index contributed by atoms with van der Waals surface area (Å²) in [7, 11) is 0. The van der Waals surface area contributed by atoms with Crippen LogP contribution in [-0.4, -0.2) is 52.0 Å². The fourth-order valence-electron chi connectivity index (χ4n) is 2.54. The lowest BCUT2D eigenvalue weighted by Crippen LogP contribution is -2.31. The molecule has 0 bridgehead atoms. The molecule has 1 aromatic carbocycles. The summed E-state index contributed by atoms with van der Waals surface area (Å²) in [6, 6.07) is 9.52. The number of hydrogen-bond donors (Lipinski definition) is 1. The van der Waals surface area contributed by atoms with Crippen LogP contribution in [0.3, 0.4) is 0 Å². The SMILES string of the molecule is O=C(COC[C@H]1CCCCO1)NCc1nnnn1-c1ccccc1. The Morgan fingerprint density at radius 2 is 2.21 bits per heavy atom. The van der Waals surface area contributed by atoms with Crippen LogP contribution in [0.2, 0.25) is 0 Å². The minimum absolute atomic E-state index is 0.00671. The number of amides is 1. The molecular weight excluding hydrogens is 310 g/mol. The van der Waals surface area contributed by atoms with E-state index in [1.54, 1.807) is 4.68 Å². The molecule has 1 aromatic heterocycles. The van der Waals surface area contributed by atoms with Crippen LogP contribution in [-0.2, 0) is 20.8 Å². The zero-order chi connectivity index (χ0) is 16.6. The van der Waals surface area contributed by atoms with Gasteiger partial charge in [0.2, 0.25) is 5.91 Å². The van der Waals surface area contributed by atoms with Gasteiger partial charge in [0.1, 0.15) is 6.61 Å². The topological polar surface area (TPSA) is 91.2 Å². The van der Waals surface area contributed by atoms with Crippen LogP contribution in [0.1, 0.15) is 25.1 Å². The first-order valence-corrected chi connectivity index (χ1v) is 8.11. The molecule has 2 aromatic rings. The lowest BCUT2D eigenvalue weighted by molar-refractivity contribution is -0.128. The van der Waals surface area contributed by atoms with E-state index in [-0.39, 0.29) is 25.2 Å². The smallest absolute Gasteiger partial charge is 0.246 e. The van der Waals surface area contributed by atoms with Crippen LogP contribution in [0, 0.1) is 0 Å². The molecular formula is C16H21N5O3. The Morgan fingerprint density at radius 1 is 1.33 bits per heavy atom. The second-order valence-electron chi connectivity index (χ2n) is 5.62. The van der Waals surface area contributed by atoms with E-state index in [0.717, 1.165) is 31.6 Å². The van der Waals surface area contributed by atoms with E-state index in [1.807, 2.05) is 30.3 Å². The fourth-order valence-corrected chi connectivity index (χ4v) is 2.54. The molecule has 0 saturated carbocycles. The second kappa shape index (κ2) is 8.51. The van der Waals surface area contributed by atoms with Crippen LogP contribution < -0.4 is 5.32 Å². The molecule has 24 heavy (non-hydrogen) atoms. The zero-order valence-electron chi connectivity index (χ0n) is 13.4. The fraction of sp³-hybridized carbons (Fsp3) is 0.500. The molecule has 1 aliphatic heterocycles. The molecule has 128 valence electrons. The average Bonchev–Trinajstić information content (AvgIpc) is 3.10. The van der Waals surface area contributed by atoms with Gasteiger partial charge in [0.05, 0.1) is 24.9 Å². The monoisotopic (exact) mass is 331 g/mol. The molecule has 1 atom stereocenters. The Morgan fingerprint density at radius 3 is 3.00 bits per heavy atom. The highest BCUT2D eigenvalue weighted by molar-refractivity contribution is 5.77. The quantitative estimate of drug-likeness (QED) is 0.809. The molecule has 3 rings (SSSR count). The standard InChI is InChI=1S/C16H21N5O3/c22-16(12-23-11-14-8-4-5-9-24-14)17-10-15-18-19-20-21(15)13-6-2-1-3-7-13/h1-3,6-7,14H,4-5,8-12H2,(H,17,22)/t14-/m1/s1. The third-order valence-corrected chi connectivity index (χ3v) is 3.79. The van der Waals surface area contributed by atoms with Gasteiger partial charge in [-0.05, 0) is 41.8 Å². The maximum Gasteiger partial charge on any atom is 0.246 e. The predicted molar refractivity (Wildman–Crippen MR) is 85.4 cm³/mol. The highest BCUT2D eigenvalue weighted by Gasteiger charge is 2.15. The second-order valence-corrected chi connectivity index (χ2v) is 5.62. The summed E-state index contributed by atoms with van der Waals surface area (Å²) in [5.41, 5.74) is 0.845. The van der Waals surface area contributed by atoms with Crippen molar-refractivity contribution in [1.82, 2.24) is 25.5 Å². The van der Waals surface area contributed by atoms with E-state index < -0.39 is 0 Å². The molecule has 0 unspecified atom stereocenters. The number of tetrazole rings is 1. The van der Waals surface area contributed by atoms with Crippen molar-refractivity contribution >= 4 is 5.91 Å². The van der Waals surface area contributed by atoms with Crippen LogP contribution in [0.5, 0.6) is 0 Å². The van der Waals surface area contributed by atoms with Crippen LogP contribution in [0.4, 0.5) is 0 Å². The summed E-state index contributed by atoms with van der Waals surface area (Å²) in [5.74, 6) is 0.360. The van der Waals surface area contributed by atoms with E-state index in [4.69, 9.17) is 9.47 Å². The first-order valence-electron chi connectivity index (χ1n) is 8.11. The first kappa shape index (κ1) is 16.5. The zero-order valence-corrected chi connectivity index (χ0v) is 13.4. The predicted octanol–water partition coefficient (Wildman–Crippen LogP) is 0.864. The third-order valence-electron chi connectivity index (χ3n) is 3.79. The lowest BCUT2D eigenvalue weighted by atomic mass is 10.1. The summed E-state index contributed by atoms with van der Waals surface area (Å²) >= 11 is 0. The minimum Gasteiger partial charge on any atom is -0.376 e. The molecule has 1 N–H and O–H groups in total. The minimum atomic E-state index is -0.201. The number of carbonyl (C=O) groups is 1. The normalized spacial score (nSPS) is 17.6. The van der Waals surface area contributed by atoms with E-state index in [1.165, 1.54) is 0 Å². The van der Waals surface area contributed by atoms with Crippen molar-refractivity contribution in [2.24, 2.45) is 0 Å². The van der Waals surface area contributed by atoms with Gasteiger partial charge in [0, 0.05) is 6.61 Å². The molecule has 1 amide bonds. The van der Waals surface area contributed by atoms with Crippen molar-refractivity contribution in [3.05, 3.63) is 36.2 Å². The number of para-hydroxylation sites is 1. The van der Waals surface area contributed by atoms with Crippen molar-refractivity contribution in [1.29, 1.82) is 0 Å². The third kappa shape index (κ3) is 4.59. The number of aromatic nitrogens is 4. The highest BCUT2D eigenvalue weighted by Crippen LogP contribution is 2.12. The molecule has 8 nitrogen and oxygen atoms in total. The Labute approximate surface area is 140 Å².